The molecule has 1 aromatic rings. The largest absolute Gasteiger partial charge is 0.508 e. The summed E-state index contributed by atoms with van der Waals surface area (Å²) in [7, 11) is 0. The van der Waals surface area contributed by atoms with E-state index in [0.717, 1.165) is 18.4 Å². The minimum atomic E-state index is -0.628. The second-order valence-corrected chi connectivity index (χ2v) is 6.26. The smallest absolute Gasteiger partial charge is 0.335 e. The SMILES string of the molecule is CC(C)CCCOC(Cc1cccc(O)c1)C(=O)OC(C)C. The molecule has 0 aromatic heterocycles. The summed E-state index contributed by atoms with van der Waals surface area (Å²) in [6.07, 6.45) is 1.60. The van der Waals surface area contributed by atoms with E-state index in [9.17, 15) is 9.90 Å². The molecule has 1 unspecified atom stereocenters. The highest BCUT2D eigenvalue weighted by Gasteiger charge is 2.22. The Balaban J connectivity index is 2.62. The van der Waals surface area contributed by atoms with Gasteiger partial charge in [0, 0.05) is 13.0 Å². The van der Waals surface area contributed by atoms with Crippen LogP contribution in [0.1, 0.15) is 46.1 Å². The second kappa shape index (κ2) is 9.46. The number of aromatic hydroxyl groups is 1. The first-order chi connectivity index (χ1) is 10.4. The van der Waals surface area contributed by atoms with Crippen LogP contribution in [0.3, 0.4) is 0 Å². The van der Waals surface area contributed by atoms with Crippen molar-refractivity contribution in [3.8, 4) is 5.75 Å². The molecule has 22 heavy (non-hydrogen) atoms. The minimum Gasteiger partial charge on any atom is -0.508 e. The van der Waals surface area contributed by atoms with Crippen LogP contribution < -0.4 is 0 Å². The number of carbonyl (C=O) groups excluding carboxylic acids is 1. The Bertz CT molecular complexity index is 454. The summed E-state index contributed by atoms with van der Waals surface area (Å²) >= 11 is 0. The number of ether oxygens (including phenoxy) is 2. The summed E-state index contributed by atoms with van der Waals surface area (Å²) in [5, 5.41) is 9.53. The van der Waals surface area contributed by atoms with Crippen molar-refractivity contribution in [1.29, 1.82) is 0 Å². The minimum absolute atomic E-state index is 0.168. The van der Waals surface area contributed by atoms with Gasteiger partial charge in [0.15, 0.2) is 6.10 Å². The maximum Gasteiger partial charge on any atom is 0.335 e. The topological polar surface area (TPSA) is 55.8 Å². The van der Waals surface area contributed by atoms with Gasteiger partial charge in [-0.1, -0.05) is 26.0 Å². The van der Waals surface area contributed by atoms with Crippen molar-refractivity contribution in [3.63, 3.8) is 0 Å². The van der Waals surface area contributed by atoms with Gasteiger partial charge in [-0.2, -0.15) is 0 Å². The zero-order valence-electron chi connectivity index (χ0n) is 14.0. The molecule has 0 saturated carbocycles. The Labute approximate surface area is 133 Å². The molecule has 1 rings (SSSR count). The molecule has 0 amide bonds. The van der Waals surface area contributed by atoms with Crippen LogP contribution in [0, 0.1) is 5.92 Å². The van der Waals surface area contributed by atoms with Crippen LogP contribution in [0.25, 0.3) is 0 Å². The average Bonchev–Trinajstić information content (AvgIpc) is 2.41. The van der Waals surface area contributed by atoms with Crippen molar-refractivity contribution < 1.29 is 19.4 Å². The molecular formula is C18H28O4. The van der Waals surface area contributed by atoms with Crippen molar-refractivity contribution in [1.82, 2.24) is 0 Å². The van der Waals surface area contributed by atoms with Gasteiger partial charge < -0.3 is 14.6 Å². The van der Waals surface area contributed by atoms with Crippen molar-refractivity contribution in [2.24, 2.45) is 5.92 Å². The van der Waals surface area contributed by atoms with E-state index in [1.165, 1.54) is 0 Å². The number of esters is 1. The second-order valence-electron chi connectivity index (χ2n) is 6.26. The Hall–Kier alpha value is -1.55. The van der Waals surface area contributed by atoms with Gasteiger partial charge in [-0.15, -0.1) is 0 Å². The van der Waals surface area contributed by atoms with Gasteiger partial charge in [0.05, 0.1) is 6.10 Å². The molecule has 1 N–H and O–H groups in total. The highest BCUT2D eigenvalue weighted by Crippen LogP contribution is 2.15. The van der Waals surface area contributed by atoms with E-state index in [1.807, 2.05) is 19.9 Å². The third kappa shape index (κ3) is 7.46. The van der Waals surface area contributed by atoms with Gasteiger partial charge in [0.2, 0.25) is 0 Å². The molecule has 1 aromatic carbocycles. The van der Waals surface area contributed by atoms with Crippen molar-refractivity contribution in [2.45, 2.75) is 59.2 Å². The quantitative estimate of drug-likeness (QED) is 0.558. The van der Waals surface area contributed by atoms with Crippen LogP contribution in [0.4, 0.5) is 0 Å². The third-order valence-electron chi connectivity index (χ3n) is 3.19. The predicted molar refractivity (Wildman–Crippen MR) is 86.9 cm³/mol. The molecule has 124 valence electrons. The standard InChI is InChI=1S/C18H28O4/c1-13(2)7-6-10-21-17(18(20)22-14(3)4)12-15-8-5-9-16(19)11-15/h5,8-9,11,13-14,17,19H,6-7,10,12H2,1-4H3. The molecule has 0 saturated heterocycles. The van der Waals surface area contributed by atoms with E-state index in [2.05, 4.69) is 13.8 Å². The molecule has 0 radical (unpaired) electrons. The third-order valence-corrected chi connectivity index (χ3v) is 3.19. The van der Waals surface area contributed by atoms with E-state index >= 15 is 0 Å². The summed E-state index contributed by atoms with van der Waals surface area (Å²) < 4.78 is 11.0. The van der Waals surface area contributed by atoms with E-state index in [1.54, 1.807) is 18.2 Å². The van der Waals surface area contributed by atoms with Crippen molar-refractivity contribution >= 4 is 5.97 Å². The first kappa shape index (κ1) is 18.5. The van der Waals surface area contributed by atoms with Crippen LogP contribution in [-0.4, -0.2) is 29.9 Å². The molecule has 0 spiro atoms. The zero-order valence-corrected chi connectivity index (χ0v) is 14.0. The van der Waals surface area contributed by atoms with E-state index in [4.69, 9.17) is 9.47 Å². The van der Waals surface area contributed by atoms with Crippen LogP contribution >= 0.6 is 0 Å². The lowest BCUT2D eigenvalue weighted by atomic mass is 10.1. The maximum absolute atomic E-state index is 12.2. The van der Waals surface area contributed by atoms with Crippen molar-refractivity contribution in [2.75, 3.05) is 6.61 Å². The molecular weight excluding hydrogens is 280 g/mol. The lowest BCUT2D eigenvalue weighted by Crippen LogP contribution is -2.31. The zero-order chi connectivity index (χ0) is 16.5. The van der Waals surface area contributed by atoms with Crippen LogP contribution in [0.15, 0.2) is 24.3 Å². The molecule has 0 fully saturated rings. The first-order valence-corrected chi connectivity index (χ1v) is 7.98. The Morgan fingerprint density at radius 1 is 1.23 bits per heavy atom. The predicted octanol–water partition coefficient (Wildman–Crippen LogP) is 3.71. The normalized spacial score (nSPS) is 12.6. The molecule has 4 heteroatoms. The Morgan fingerprint density at radius 3 is 2.55 bits per heavy atom. The van der Waals surface area contributed by atoms with Gasteiger partial charge in [-0.25, -0.2) is 4.79 Å². The fraction of sp³-hybridized carbons (Fsp3) is 0.611. The number of phenolic OH excluding ortho intramolecular Hbond substituents is 1. The fourth-order valence-electron chi connectivity index (χ4n) is 2.13. The van der Waals surface area contributed by atoms with Gasteiger partial charge in [-0.3, -0.25) is 0 Å². The number of phenols is 1. The first-order valence-electron chi connectivity index (χ1n) is 7.98. The van der Waals surface area contributed by atoms with Gasteiger partial charge >= 0.3 is 5.97 Å². The van der Waals surface area contributed by atoms with Crippen molar-refractivity contribution in [3.05, 3.63) is 29.8 Å². The van der Waals surface area contributed by atoms with Gasteiger partial charge in [-0.05, 0) is 50.3 Å². The molecule has 0 heterocycles. The Morgan fingerprint density at radius 2 is 1.95 bits per heavy atom. The summed E-state index contributed by atoms with van der Waals surface area (Å²) in [6, 6.07) is 6.88. The summed E-state index contributed by atoms with van der Waals surface area (Å²) in [6.45, 7) is 8.51. The van der Waals surface area contributed by atoms with Crippen LogP contribution in [0.2, 0.25) is 0 Å². The van der Waals surface area contributed by atoms with E-state index < -0.39 is 6.10 Å². The van der Waals surface area contributed by atoms with Gasteiger partial charge in [0.25, 0.3) is 0 Å². The highest BCUT2D eigenvalue weighted by atomic mass is 16.6. The maximum atomic E-state index is 12.2. The average molecular weight is 308 g/mol. The highest BCUT2D eigenvalue weighted by molar-refractivity contribution is 5.75. The van der Waals surface area contributed by atoms with E-state index in [0.29, 0.717) is 18.9 Å². The number of hydrogen-bond donors (Lipinski definition) is 1. The molecule has 0 aliphatic rings. The Kier molecular flexibility index (Phi) is 7.96. The van der Waals surface area contributed by atoms with Crippen LogP contribution in [0.5, 0.6) is 5.75 Å². The lowest BCUT2D eigenvalue weighted by Gasteiger charge is -2.19. The molecule has 0 bridgehead atoms. The fourth-order valence-corrected chi connectivity index (χ4v) is 2.13. The molecule has 4 nitrogen and oxygen atoms in total. The number of carbonyl (C=O) groups is 1. The number of rotatable bonds is 9. The van der Waals surface area contributed by atoms with Gasteiger partial charge in [0.1, 0.15) is 5.75 Å². The number of hydrogen-bond acceptors (Lipinski definition) is 4. The summed E-state index contributed by atoms with van der Waals surface area (Å²) in [5.74, 6) is 0.465. The number of benzene rings is 1. The summed E-state index contributed by atoms with van der Waals surface area (Å²) in [5.41, 5.74) is 0.856. The summed E-state index contributed by atoms with van der Waals surface area (Å²) in [4.78, 5) is 12.2. The molecule has 0 aliphatic carbocycles. The molecule has 0 aliphatic heterocycles. The van der Waals surface area contributed by atoms with Crippen LogP contribution in [-0.2, 0) is 20.7 Å². The lowest BCUT2D eigenvalue weighted by molar-refractivity contribution is -0.161. The monoisotopic (exact) mass is 308 g/mol. The van der Waals surface area contributed by atoms with E-state index in [-0.39, 0.29) is 17.8 Å². The molecule has 1 atom stereocenters.